The minimum Gasteiger partial charge on any atom is -0.370 e. The van der Waals surface area contributed by atoms with Crippen LogP contribution in [-0.2, 0) is 0 Å². The van der Waals surface area contributed by atoms with Gasteiger partial charge in [-0.15, -0.1) is 0 Å². The molecule has 1 fully saturated rings. The number of rotatable bonds is 4. The zero-order valence-corrected chi connectivity index (χ0v) is 13.5. The highest BCUT2D eigenvalue weighted by atomic mass is 79.9. The molecule has 3 nitrogen and oxygen atoms in total. The molecular formula is C15H15BrClN3. The van der Waals surface area contributed by atoms with Crippen LogP contribution in [0.15, 0.2) is 28.7 Å². The van der Waals surface area contributed by atoms with Crippen LogP contribution in [0.25, 0.3) is 11.4 Å². The van der Waals surface area contributed by atoms with Crippen molar-refractivity contribution in [3.05, 3.63) is 39.5 Å². The van der Waals surface area contributed by atoms with E-state index in [1.165, 1.54) is 12.8 Å². The summed E-state index contributed by atoms with van der Waals surface area (Å²) >= 11 is 9.49. The first kappa shape index (κ1) is 13.8. The van der Waals surface area contributed by atoms with Crippen molar-refractivity contribution in [2.45, 2.75) is 25.7 Å². The predicted octanol–water partition coefficient (Wildman–Crippen LogP) is 4.87. The fourth-order valence-electron chi connectivity index (χ4n) is 2.09. The van der Waals surface area contributed by atoms with Crippen LogP contribution < -0.4 is 5.32 Å². The van der Waals surface area contributed by atoms with Crippen molar-refractivity contribution in [2.75, 3.05) is 11.9 Å². The van der Waals surface area contributed by atoms with E-state index in [0.29, 0.717) is 10.9 Å². The number of anilines is 1. The zero-order chi connectivity index (χ0) is 14.1. The third-order valence-corrected chi connectivity index (χ3v) is 4.49. The average molecular weight is 353 g/mol. The van der Waals surface area contributed by atoms with Gasteiger partial charge in [-0.1, -0.05) is 11.6 Å². The van der Waals surface area contributed by atoms with Gasteiger partial charge in [0.2, 0.25) is 0 Å². The van der Waals surface area contributed by atoms with Crippen molar-refractivity contribution in [1.29, 1.82) is 0 Å². The summed E-state index contributed by atoms with van der Waals surface area (Å²) < 4.78 is 0.863. The smallest absolute Gasteiger partial charge is 0.161 e. The Labute approximate surface area is 131 Å². The van der Waals surface area contributed by atoms with Gasteiger partial charge in [-0.2, -0.15) is 0 Å². The first-order valence-corrected chi connectivity index (χ1v) is 7.92. The molecule has 5 heteroatoms. The molecule has 0 saturated heterocycles. The van der Waals surface area contributed by atoms with Crippen molar-refractivity contribution in [2.24, 2.45) is 0 Å². The van der Waals surface area contributed by atoms with E-state index in [1.54, 1.807) is 0 Å². The number of hydrogen-bond acceptors (Lipinski definition) is 3. The Morgan fingerprint density at radius 2 is 2.10 bits per heavy atom. The van der Waals surface area contributed by atoms with Gasteiger partial charge < -0.3 is 5.32 Å². The molecular weight excluding hydrogens is 338 g/mol. The highest BCUT2D eigenvalue weighted by Crippen LogP contribution is 2.40. The summed E-state index contributed by atoms with van der Waals surface area (Å²) in [4.78, 5) is 9.29. The van der Waals surface area contributed by atoms with E-state index in [1.807, 2.05) is 18.2 Å². The lowest BCUT2D eigenvalue weighted by Crippen LogP contribution is -2.03. The molecule has 2 aromatic rings. The normalized spacial score (nSPS) is 14.3. The van der Waals surface area contributed by atoms with Gasteiger partial charge in [-0.3, -0.25) is 0 Å². The SMILES string of the molecule is CCNc1cc(C2CC2)nc(-c2ccc(Cl)c(Br)c2)n1. The maximum atomic E-state index is 6.04. The van der Waals surface area contributed by atoms with Crippen LogP contribution in [0.2, 0.25) is 5.02 Å². The number of benzene rings is 1. The Kier molecular flexibility index (Phi) is 3.94. The van der Waals surface area contributed by atoms with Crippen molar-refractivity contribution < 1.29 is 0 Å². The summed E-state index contributed by atoms with van der Waals surface area (Å²) in [5.74, 6) is 2.25. The van der Waals surface area contributed by atoms with Gasteiger partial charge in [0.1, 0.15) is 5.82 Å². The molecule has 104 valence electrons. The highest BCUT2D eigenvalue weighted by Gasteiger charge is 2.26. The average Bonchev–Trinajstić information content (AvgIpc) is 3.26. The Hall–Kier alpha value is -1.13. The molecule has 0 radical (unpaired) electrons. The molecule has 1 aliphatic rings. The van der Waals surface area contributed by atoms with Crippen LogP contribution in [0.5, 0.6) is 0 Å². The van der Waals surface area contributed by atoms with Crippen LogP contribution in [0.3, 0.4) is 0 Å². The number of aromatic nitrogens is 2. The predicted molar refractivity (Wildman–Crippen MR) is 86.3 cm³/mol. The van der Waals surface area contributed by atoms with Gasteiger partial charge in [-0.25, -0.2) is 9.97 Å². The maximum Gasteiger partial charge on any atom is 0.161 e. The molecule has 0 aliphatic heterocycles. The fourth-order valence-corrected chi connectivity index (χ4v) is 2.59. The lowest BCUT2D eigenvalue weighted by atomic mass is 10.2. The first-order valence-electron chi connectivity index (χ1n) is 6.75. The van der Waals surface area contributed by atoms with E-state index in [9.17, 15) is 0 Å². The van der Waals surface area contributed by atoms with E-state index in [2.05, 4.69) is 39.2 Å². The molecule has 1 heterocycles. The zero-order valence-electron chi connectivity index (χ0n) is 11.2. The molecule has 1 aromatic carbocycles. The Morgan fingerprint density at radius 1 is 1.30 bits per heavy atom. The van der Waals surface area contributed by atoms with E-state index in [-0.39, 0.29) is 0 Å². The summed E-state index contributed by atoms with van der Waals surface area (Å²) in [6, 6.07) is 7.84. The molecule has 0 atom stereocenters. The lowest BCUT2D eigenvalue weighted by molar-refractivity contribution is 0.988. The topological polar surface area (TPSA) is 37.8 Å². The molecule has 20 heavy (non-hydrogen) atoms. The second-order valence-corrected chi connectivity index (χ2v) is 6.20. The summed E-state index contributed by atoms with van der Waals surface area (Å²) in [5, 5.41) is 3.97. The number of nitrogens with one attached hydrogen (secondary N) is 1. The monoisotopic (exact) mass is 351 g/mol. The standard InChI is InChI=1S/C15H15BrClN3/c1-2-18-14-8-13(9-3-4-9)19-15(20-14)10-5-6-12(17)11(16)7-10/h5-9H,2-4H2,1H3,(H,18,19,20). The summed E-state index contributed by atoms with van der Waals surface area (Å²) in [6.45, 7) is 2.92. The van der Waals surface area contributed by atoms with Crippen molar-refractivity contribution in [3.8, 4) is 11.4 Å². The molecule has 1 aromatic heterocycles. The Bertz CT molecular complexity index is 641. The maximum absolute atomic E-state index is 6.04. The quantitative estimate of drug-likeness (QED) is 0.853. The van der Waals surface area contributed by atoms with Crippen LogP contribution >= 0.6 is 27.5 Å². The van der Waals surface area contributed by atoms with Crippen molar-refractivity contribution in [3.63, 3.8) is 0 Å². The minimum absolute atomic E-state index is 0.602. The van der Waals surface area contributed by atoms with Crippen LogP contribution in [0.1, 0.15) is 31.4 Å². The number of halogens is 2. The summed E-state index contributed by atoms with van der Waals surface area (Å²) in [7, 11) is 0. The molecule has 1 aliphatic carbocycles. The van der Waals surface area contributed by atoms with Crippen LogP contribution in [0.4, 0.5) is 5.82 Å². The lowest BCUT2D eigenvalue weighted by Gasteiger charge is -2.09. The van der Waals surface area contributed by atoms with Gasteiger partial charge in [0.25, 0.3) is 0 Å². The summed E-state index contributed by atoms with van der Waals surface area (Å²) in [5.41, 5.74) is 2.11. The largest absolute Gasteiger partial charge is 0.370 e. The third-order valence-electron chi connectivity index (χ3n) is 3.28. The highest BCUT2D eigenvalue weighted by molar-refractivity contribution is 9.10. The minimum atomic E-state index is 0.602. The third kappa shape index (κ3) is 2.96. The van der Waals surface area contributed by atoms with E-state index in [4.69, 9.17) is 16.6 Å². The Balaban J connectivity index is 2.04. The van der Waals surface area contributed by atoms with Crippen LogP contribution in [-0.4, -0.2) is 16.5 Å². The number of hydrogen-bond donors (Lipinski definition) is 1. The van der Waals surface area contributed by atoms with E-state index in [0.717, 1.165) is 33.9 Å². The fraction of sp³-hybridized carbons (Fsp3) is 0.333. The van der Waals surface area contributed by atoms with Crippen molar-refractivity contribution in [1.82, 2.24) is 9.97 Å². The first-order chi connectivity index (χ1) is 9.67. The van der Waals surface area contributed by atoms with Crippen molar-refractivity contribution >= 4 is 33.3 Å². The van der Waals surface area contributed by atoms with Gasteiger partial charge >= 0.3 is 0 Å². The molecule has 0 unspecified atom stereocenters. The molecule has 1 N–H and O–H groups in total. The second-order valence-electron chi connectivity index (χ2n) is 4.94. The van der Waals surface area contributed by atoms with E-state index < -0.39 is 0 Å². The summed E-state index contributed by atoms with van der Waals surface area (Å²) in [6.07, 6.45) is 2.46. The van der Waals surface area contributed by atoms with Gasteiger partial charge in [-0.05, 0) is 53.9 Å². The molecule has 0 bridgehead atoms. The van der Waals surface area contributed by atoms with Gasteiger partial charge in [0.15, 0.2) is 5.82 Å². The van der Waals surface area contributed by atoms with Gasteiger partial charge in [0.05, 0.1) is 5.02 Å². The van der Waals surface area contributed by atoms with Gasteiger partial charge in [0, 0.05) is 34.3 Å². The van der Waals surface area contributed by atoms with Crippen LogP contribution in [0, 0.1) is 0 Å². The molecule has 1 saturated carbocycles. The second kappa shape index (κ2) is 5.70. The molecule has 3 rings (SSSR count). The molecule has 0 amide bonds. The molecule has 0 spiro atoms. The Morgan fingerprint density at radius 3 is 2.75 bits per heavy atom. The van der Waals surface area contributed by atoms with E-state index >= 15 is 0 Å². The number of nitrogens with zero attached hydrogens (tertiary/aromatic N) is 2.